The van der Waals surface area contributed by atoms with Crippen LogP contribution < -0.4 is 10.9 Å². The minimum atomic E-state index is -3.86. The van der Waals surface area contributed by atoms with Gasteiger partial charge in [0.15, 0.2) is 0 Å². The number of thiophene rings is 1. The third-order valence-corrected chi connectivity index (χ3v) is 10.1. The van der Waals surface area contributed by atoms with Gasteiger partial charge in [-0.05, 0) is 51.1 Å². The van der Waals surface area contributed by atoms with E-state index in [2.05, 4.69) is 36.0 Å². The van der Waals surface area contributed by atoms with E-state index in [1.165, 1.54) is 26.5 Å². The highest BCUT2D eigenvalue weighted by Crippen LogP contribution is 2.35. The zero-order chi connectivity index (χ0) is 24.6. The number of fused-ring (bicyclic) bond motifs is 1. The summed E-state index contributed by atoms with van der Waals surface area (Å²) in [5.41, 5.74) is -0.489. The van der Waals surface area contributed by atoms with Crippen molar-refractivity contribution >= 4 is 37.5 Å². The van der Waals surface area contributed by atoms with Crippen molar-refractivity contribution in [3.63, 3.8) is 0 Å². The summed E-state index contributed by atoms with van der Waals surface area (Å²) in [5.74, 6) is 0.234. The summed E-state index contributed by atoms with van der Waals surface area (Å²) in [5, 5.41) is 3.03. The smallest absolute Gasteiger partial charge is 0.263 e. The van der Waals surface area contributed by atoms with Crippen molar-refractivity contribution in [2.45, 2.75) is 64.4 Å². The van der Waals surface area contributed by atoms with E-state index in [1.807, 2.05) is 0 Å². The number of rotatable bonds is 7. The van der Waals surface area contributed by atoms with Gasteiger partial charge in [0, 0.05) is 30.6 Å². The van der Waals surface area contributed by atoms with Crippen LogP contribution in [0.3, 0.4) is 0 Å². The van der Waals surface area contributed by atoms with E-state index < -0.39 is 15.6 Å². The largest absolute Gasteiger partial charge is 0.353 e. The van der Waals surface area contributed by atoms with Gasteiger partial charge >= 0.3 is 0 Å². The monoisotopic (exact) mass is 509 g/mol. The van der Waals surface area contributed by atoms with Crippen molar-refractivity contribution in [3.8, 4) is 0 Å². The molecule has 1 amide bonds. The molecule has 2 aromatic heterocycles. The van der Waals surface area contributed by atoms with Crippen LogP contribution in [0.4, 0.5) is 0 Å². The molecule has 2 fully saturated rings. The lowest BCUT2D eigenvalue weighted by Gasteiger charge is -2.34. The van der Waals surface area contributed by atoms with Crippen LogP contribution in [-0.4, -0.2) is 71.8 Å². The number of piperidine rings is 1. The molecule has 2 saturated heterocycles. The number of hydrogen-bond donors (Lipinski definition) is 1. The zero-order valence-electron chi connectivity index (χ0n) is 20.4. The van der Waals surface area contributed by atoms with Gasteiger partial charge in [-0.15, -0.1) is 11.3 Å². The van der Waals surface area contributed by atoms with Gasteiger partial charge in [0.2, 0.25) is 15.9 Å². The van der Waals surface area contributed by atoms with Crippen LogP contribution >= 0.6 is 11.3 Å². The second-order valence-electron chi connectivity index (χ2n) is 9.84. The molecule has 0 aliphatic carbocycles. The maximum absolute atomic E-state index is 13.6. The molecule has 2 aliphatic heterocycles. The summed E-state index contributed by atoms with van der Waals surface area (Å²) in [6.07, 6.45) is 4.49. The zero-order valence-corrected chi connectivity index (χ0v) is 22.0. The van der Waals surface area contributed by atoms with Crippen molar-refractivity contribution < 1.29 is 13.2 Å². The van der Waals surface area contributed by atoms with Crippen LogP contribution in [0.15, 0.2) is 16.0 Å². The third-order valence-electron chi connectivity index (χ3n) is 6.99. The minimum absolute atomic E-state index is 0.0469. The summed E-state index contributed by atoms with van der Waals surface area (Å²) in [7, 11) is -3.86. The molecule has 2 aromatic rings. The first kappa shape index (κ1) is 25.3. The van der Waals surface area contributed by atoms with Crippen molar-refractivity contribution in [3.05, 3.63) is 21.6 Å². The van der Waals surface area contributed by atoms with Crippen molar-refractivity contribution in [2.75, 3.05) is 32.7 Å². The van der Waals surface area contributed by atoms with Gasteiger partial charge in [-0.1, -0.05) is 20.8 Å². The topological polar surface area (TPSA) is 105 Å². The number of hydrogen-bond acceptors (Lipinski definition) is 7. The molecule has 188 valence electrons. The molecule has 9 nitrogen and oxygen atoms in total. The van der Waals surface area contributed by atoms with E-state index in [0.717, 1.165) is 32.4 Å². The van der Waals surface area contributed by atoms with Crippen LogP contribution in [0.25, 0.3) is 10.2 Å². The van der Waals surface area contributed by atoms with Crippen molar-refractivity contribution in [2.24, 2.45) is 11.8 Å². The summed E-state index contributed by atoms with van der Waals surface area (Å²) < 4.78 is 30.0. The van der Waals surface area contributed by atoms with E-state index >= 15 is 0 Å². The molecule has 11 heteroatoms. The molecule has 4 rings (SSSR count). The number of carbonyl (C=O) groups is 1. The highest BCUT2D eigenvalue weighted by Gasteiger charge is 2.36. The summed E-state index contributed by atoms with van der Waals surface area (Å²) in [6.45, 7) is 11.2. The average molecular weight is 510 g/mol. The summed E-state index contributed by atoms with van der Waals surface area (Å²) >= 11 is 1.21. The molecular weight excluding hydrogens is 474 g/mol. The second kappa shape index (κ2) is 10.0. The number of likely N-dealkylation sites (tertiary alicyclic amines) is 1. The van der Waals surface area contributed by atoms with Gasteiger partial charge in [-0.2, -0.15) is 4.31 Å². The van der Waals surface area contributed by atoms with Crippen LogP contribution in [0, 0.1) is 18.8 Å². The van der Waals surface area contributed by atoms with E-state index in [-0.39, 0.29) is 34.6 Å². The Kier molecular flexibility index (Phi) is 7.47. The number of nitrogens with one attached hydrogen (secondary N) is 1. The number of aromatic nitrogens is 2. The number of amides is 1. The van der Waals surface area contributed by atoms with E-state index in [1.54, 1.807) is 6.92 Å². The Morgan fingerprint density at radius 1 is 1.26 bits per heavy atom. The number of aryl methyl sites for hydroxylation is 1. The van der Waals surface area contributed by atoms with Crippen LogP contribution in [0.2, 0.25) is 0 Å². The molecule has 3 atom stereocenters. The molecule has 0 aromatic carbocycles. The molecule has 0 bridgehead atoms. The lowest BCUT2D eigenvalue weighted by Crippen LogP contribution is -2.43. The van der Waals surface area contributed by atoms with Gasteiger partial charge in [-0.3, -0.25) is 19.1 Å². The molecule has 1 N–H and O–H groups in total. The predicted molar refractivity (Wildman–Crippen MR) is 134 cm³/mol. The van der Waals surface area contributed by atoms with Crippen LogP contribution in [-0.2, 0) is 21.4 Å². The normalized spacial score (nSPS) is 24.6. The maximum atomic E-state index is 13.6. The van der Waals surface area contributed by atoms with Gasteiger partial charge < -0.3 is 5.32 Å². The first-order chi connectivity index (χ1) is 16.1. The van der Waals surface area contributed by atoms with E-state index in [4.69, 9.17) is 0 Å². The molecule has 34 heavy (non-hydrogen) atoms. The molecule has 4 heterocycles. The number of nitrogens with zero attached hydrogens (tertiary/aromatic N) is 4. The summed E-state index contributed by atoms with van der Waals surface area (Å²) in [4.78, 5) is 33.7. The third kappa shape index (κ3) is 4.93. The highest BCUT2D eigenvalue weighted by molar-refractivity contribution is 7.89. The summed E-state index contributed by atoms with van der Waals surface area (Å²) in [6, 6.07) is 0.317. The van der Waals surface area contributed by atoms with Crippen LogP contribution in [0.5, 0.6) is 0 Å². The quantitative estimate of drug-likeness (QED) is 0.613. The molecule has 0 radical (unpaired) electrons. The minimum Gasteiger partial charge on any atom is -0.353 e. The average Bonchev–Trinajstić information content (AvgIpc) is 3.37. The first-order valence-electron chi connectivity index (χ1n) is 12.1. The van der Waals surface area contributed by atoms with Crippen molar-refractivity contribution in [1.29, 1.82) is 0 Å². The fourth-order valence-electron chi connectivity index (χ4n) is 5.45. The van der Waals surface area contributed by atoms with Gasteiger partial charge in [-0.25, -0.2) is 13.4 Å². The first-order valence-corrected chi connectivity index (χ1v) is 14.4. The molecule has 0 spiro atoms. The Hall–Kier alpha value is -1.82. The second-order valence-corrected chi connectivity index (χ2v) is 12.9. The lowest BCUT2D eigenvalue weighted by atomic mass is 9.94. The molecule has 0 unspecified atom stereocenters. The Balaban J connectivity index is 1.59. The van der Waals surface area contributed by atoms with Gasteiger partial charge in [0.05, 0.1) is 11.7 Å². The van der Waals surface area contributed by atoms with Crippen molar-refractivity contribution in [1.82, 2.24) is 24.1 Å². The standard InChI is InChI=1S/C23H35N5O4S2/c1-5-26-8-6-7-18(26)10-24-19(29)13-27-14-25-22-20(23(27)30)21(17(4)33-22)34(31,32)28-11-15(2)9-16(3)12-28/h14-16,18H,5-13H2,1-4H3,(H,24,29)/t15-,16+,18-/m1/s1. The number of likely N-dealkylation sites (N-methyl/N-ethyl adjacent to an activating group) is 1. The lowest BCUT2D eigenvalue weighted by molar-refractivity contribution is -0.121. The van der Waals surface area contributed by atoms with E-state index in [9.17, 15) is 18.0 Å². The predicted octanol–water partition coefficient (Wildman–Crippen LogP) is 2.03. The fourth-order valence-corrected chi connectivity index (χ4v) is 8.80. The van der Waals surface area contributed by atoms with Crippen LogP contribution in [0.1, 0.15) is 44.9 Å². The molecule has 2 aliphatic rings. The fraction of sp³-hybridized carbons (Fsp3) is 0.696. The van der Waals surface area contributed by atoms with Gasteiger partial charge in [0.1, 0.15) is 16.3 Å². The number of carbonyl (C=O) groups excluding carboxylic acids is 1. The van der Waals surface area contributed by atoms with E-state index in [0.29, 0.717) is 35.4 Å². The Morgan fingerprint density at radius 3 is 2.65 bits per heavy atom. The number of sulfonamides is 1. The Bertz CT molecular complexity index is 1210. The Labute approximate surface area is 205 Å². The van der Waals surface area contributed by atoms with Gasteiger partial charge in [0.25, 0.3) is 5.56 Å². The molecular formula is C23H35N5O4S2. The highest BCUT2D eigenvalue weighted by atomic mass is 32.2. The molecule has 0 saturated carbocycles. The SMILES string of the molecule is CCN1CCC[C@@H]1CNC(=O)Cn1cnc2sc(C)c(S(=O)(=O)N3C[C@H](C)C[C@H](C)C3)c2c1=O. The Morgan fingerprint density at radius 2 is 1.97 bits per heavy atom. The maximum Gasteiger partial charge on any atom is 0.263 e.